The second-order valence-electron chi connectivity index (χ2n) is 7.32. The maximum atomic E-state index is 14.5. The van der Waals surface area contributed by atoms with Gasteiger partial charge in [-0.2, -0.15) is 52.3 Å². The molecule has 3 rings (SSSR count). The Morgan fingerprint density at radius 1 is 0.541 bits per heavy atom. The average Bonchev–Trinajstić information content (AvgIpc) is 2.82. The Morgan fingerprint density at radius 2 is 0.919 bits per heavy atom. The fraction of sp³-hybridized carbons (Fsp3) is 0.182. The van der Waals surface area contributed by atoms with Crippen molar-refractivity contribution in [3.8, 4) is 0 Å². The molecule has 0 fully saturated rings. The van der Waals surface area contributed by atoms with Gasteiger partial charge >= 0.3 is 33.6 Å². The molecule has 0 bridgehead atoms. The van der Waals surface area contributed by atoms with Crippen LogP contribution in [-0.2, 0) is 19.9 Å². The first-order chi connectivity index (χ1) is 16.9. The van der Waals surface area contributed by atoms with Crippen LogP contribution >= 0.6 is 10.3 Å². The molecular weight excluding hydrogens is 566 g/mol. The van der Waals surface area contributed by atoms with Crippen molar-refractivity contribution in [2.24, 2.45) is 0 Å². The van der Waals surface area contributed by atoms with Crippen molar-refractivity contribution < 1.29 is 56.0 Å². The van der Waals surface area contributed by atoms with E-state index in [9.17, 15) is 52.3 Å². The van der Waals surface area contributed by atoms with Gasteiger partial charge < -0.3 is 0 Å². The highest BCUT2D eigenvalue weighted by Crippen LogP contribution is 2.71. The molecular formula is C22H14F10O3S2. The third-order valence-corrected chi connectivity index (χ3v) is 10.1. The zero-order valence-electron chi connectivity index (χ0n) is 17.9. The van der Waals surface area contributed by atoms with E-state index in [4.69, 9.17) is 3.63 Å². The minimum Gasteiger partial charge on any atom is -0.202 e. The number of halogens is 10. The van der Waals surface area contributed by atoms with Crippen LogP contribution in [0.2, 0.25) is 0 Å². The lowest BCUT2D eigenvalue weighted by molar-refractivity contribution is -0.333. The molecule has 0 radical (unpaired) electrons. The maximum absolute atomic E-state index is 14.5. The summed E-state index contributed by atoms with van der Waals surface area (Å²) in [6.45, 7) is 0. The zero-order valence-corrected chi connectivity index (χ0v) is 19.5. The van der Waals surface area contributed by atoms with E-state index in [0.717, 1.165) is 24.3 Å². The van der Waals surface area contributed by atoms with Crippen molar-refractivity contribution in [2.45, 2.75) is 38.2 Å². The van der Waals surface area contributed by atoms with Crippen LogP contribution in [-0.4, -0.2) is 25.8 Å². The molecule has 37 heavy (non-hydrogen) atoms. The Bertz CT molecular complexity index is 1280. The van der Waals surface area contributed by atoms with Crippen molar-refractivity contribution in [1.82, 2.24) is 0 Å². The fourth-order valence-corrected chi connectivity index (χ4v) is 8.29. The Morgan fingerprint density at radius 3 is 1.27 bits per heavy atom. The Hall–Kier alpha value is -2.78. The summed E-state index contributed by atoms with van der Waals surface area (Å²) in [5.41, 5.74) is -1.23. The van der Waals surface area contributed by atoms with Gasteiger partial charge in [0.2, 0.25) is 0 Å². The van der Waals surface area contributed by atoms with E-state index in [1.807, 2.05) is 0 Å². The standard InChI is InChI=1S/C22H14F10O3S2/c23-19(24,25)15-11-13-18(14-12-15)36(16-7-3-1-4-8-16,17-9-5-2-6-10-17)35-37(33,34)22(31,32)20(26,27)21(28,29)30/h1-14H. The van der Waals surface area contributed by atoms with Crippen molar-refractivity contribution in [3.63, 3.8) is 0 Å². The molecule has 0 spiro atoms. The van der Waals surface area contributed by atoms with Crippen LogP contribution in [0.5, 0.6) is 0 Å². The smallest absolute Gasteiger partial charge is 0.202 e. The quantitative estimate of drug-likeness (QED) is 0.266. The van der Waals surface area contributed by atoms with E-state index in [2.05, 4.69) is 0 Å². The summed E-state index contributed by atoms with van der Waals surface area (Å²) >= 11 is 0. The van der Waals surface area contributed by atoms with Crippen molar-refractivity contribution in [2.75, 3.05) is 0 Å². The van der Waals surface area contributed by atoms with Gasteiger partial charge in [0.25, 0.3) is 0 Å². The predicted molar refractivity (Wildman–Crippen MR) is 113 cm³/mol. The molecule has 202 valence electrons. The number of rotatable bonds is 7. The van der Waals surface area contributed by atoms with E-state index in [-0.39, 0.29) is 9.79 Å². The van der Waals surface area contributed by atoms with Gasteiger partial charge in [0.05, 0.1) is 5.56 Å². The Balaban J connectivity index is 2.37. The molecule has 0 aliphatic rings. The molecule has 15 heteroatoms. The molecule has 0 aliphatic carbocycles. The summed E-state index contributed by atoms with van der Waals surface area (Å²) in [6.07, 6.45) is -11.9. The highest BCUT2D eigenvalue weighted by atomic mass is 32.3. The molecule has 0 unspecified atom stereocenters. The van der Waals surface area contributed by atoms with Crippen LogP contribution in [0, 0.1) is 0 Å². The molecule has 0 saturated heterocycles. The van der Waals surface area contributed by atoms with Crippen LogP contribution in [0.4, 0.5) is 43.9 Å². The summed E-state index contributed by atoms with van der Waals surface area (Å²) in [5, 5.41) is -6.81. The van der Waals surface area contributed by atoms with Gasteiger partial charge in [-0.3, -0.25) is 0 Å². The van der Waals surface area contributed by atoms with Crippen LogP contribution in [0.3, 0.4) is 0 Å². The zero-order chi connectivity index (χ0) is 27.9. The molecule has 0 saturated carbocycles. The first kappa shape index (κ1) is 28.8. The normalized spacial score (nSPS) is 14.4. The molecule has 0 aliphatic heterocycles. The van der Waals surface area contributed by atoms with Gasteiger partial charge in [0.15, 0.2) is 0 Å². The second-order valence-corrected chi connectivity index (χ2v) is 11.8. The number of hydrogen-bond donors (Lipinski definition) is 0. The first-order valence-electron chi connectivity index (χ1n) is 9.77. The third-order valence-electron chi connectivity index (χ3n) is 4.89. The molecule has 0 amide bonds. The van der Waals surface area contributed by atoms with Gasteiger partial charge in [-0.05, 0) is 58.8 Å². The minimum atomic E-state index is -7.13. The minimum absolute atomic E-state index is 0.296. The lowest BCUT2D eigenvalue weighted by Crippen LogP contribution is -2.56. The van der Waals surface area contributed by atoms with Crippen molar-refractivity contribution >= 4 is 20.4 Å². The van der Waals surface area contributed by atoms with Gasteiger partial charge in [0, 0.05) is 14.7 Å². The lowest BCUT2D eigenvalue weighted by Gasteiger charge is -2.40. The summed E-state index contributed by atoms with van der Waals surface area (Å²) in [7, 11) is -11.3. The lowest BCUT2D eigenvalue weighted by atomic mass is 10.2. The summed E-state index contributed by atoms with van der Waals surface area (Å²) in [6, 6.07) is 14.5. The van der Waals surface area contributed by atoms with E-state index in [1.165, 1.54) is 36.4 Å². The van der Waals surface area contributed by atoms with E-state index in [0.29, 0.717) is 24.3 Å². The first-order valence-corrected chi connectivity index (χ1v) is 12.7. The Kier molecular flexibility index (Phi) is 7.40. The third kappa shape index (κ3) is 5.03. The van der Waals surface area contributed by atoms with Gasteiger partial charge in [-0.25, -0.2) is 3.63 Å². The number of benzene rings is 3. The maximum Gasteiger partial charge on any atom is 0.461 e. The summed E-state index contributed by atoms with van der Waals surface area (Å²) < 4.78 is 164. The molecule has 0 aromatic heterocycles. The monoisotopic (exact) mass is 580 g/mol. The van der Waals surface area contributed by atoms with Crippen LogP contribution in [0.1, 0.15) is 5.56 Å². The van der Waals surface area contributed by atoms with Crippen molar-refractivity contribution in [1.29, 1.82) is 0 Å². The molecule has 3 aromatic carbocycles. The van der Waals surface area contributed by atoms with Gasteiger partial charge in [0.1, 0.15) is 0 Å². The molecule has 0 heterocycles. The van der Waals surface area contributed by atoms with Crippen LogP contribution in [0.25, 0.3) is 0 Å². The average molecular weight is 580 g/mol. The summed E-state index contributed by atoms with van der Waals surface area (Å²) in [4.78, 5) is -1.10. The Labute approximate surface area is 205 Å². The highest BCUT2D eigenvalue weighted by Gasteiger charge is 2.80. The van der Waals surface area contributed by atoms with E-state index < -0.39 is 54.4 Å². The van der Waals surface area contributed by atoms with E-state index in [1.54, 1.807) is 0 Å². The molecule has 3 nitrogen and oxygen atoms in total. The van der Waals surface area contributed by atoms with Gasteiger partial charge in [-0.15, -0.1) is 0 Å². The molecule has 0 N–H and O–H groups in total. The largest absolute Gasteiger partial charge is 0.461 e. The number of hydrogen-bond acceptors (Lipinski definition) is 3. The van der Waals surface area contributed by atoms with Crippen molar-refractivity contribution in [3.05, 3.63) is 90.5 Å². The van der Waals surface area contributed by atoms with E-state index >= 15 is 0 Å². The van der Waals surface area contributed by atoms with Crippen LogP contribution in [0.15, 0.2) is 99.6 Å². The molecule has 0 atom stereocenters. The summed E-state index contributed by atoms with van der Waals surface area (Å²) in [5.74, 6) is -7.07. The molecule has 3 aromatic rings. The van der Waals surface area contributed by atoms with Crippen LogP contribution < -0.4 is 0 Å². The number of alkyl halides is 10. The highest BCUT2D eigenvalue weighted by molar-refractivity contribution is 8.33. The fourth-order valence-electron chi connectivity index (χ4n) is 3.09. The second kappa shape index (κ2) is 9.51. The van der Waals surface area contributed by atoms with Gasteiger partial charge in [-0.1, -0.05) is 36.4 Å². The SMILES string of the molecule is O=S(=O)(OS(c1ccccc1)(c1ccccc1)c1ccc(C(F)(F)F)cc1)C(F)(F)C(F)(F)C(F)(F)F. The predicted octanol–water partition coefficient (Wildman–Crippen LogP) is 8.04. The topological polar surface area (TPSA) is 43.4 Å².